The van der Waals surface area contributed by atoms with E-state index in [9.17, 15) is 18.0 Å². The highest BCUT2D eigenvalue weighted by Crippen LogP contribution is 2.19. The van der Waals surface area contributed by atoms with Gasteiger partial charge >= 0.3 is 12.1 Å². The zero-order chi connectivity index (χ0) is 13.9. The number of nitrogens with zero attached hydrogens (tertiary/aromatic N) is 4. The molecule has 18 heavy (non-hydrogen) atoms. The van der Waals surface area contributed by atoms with Gasteiger partial charge in [0.2, 0.25) is 5.95 Å². The number of rotatable bonds is 4. The fourth-order valence-corrected chi connectivity index (χ4v) is 1.16. The van der Waals surface area contributed by atoms with Crippen molar-refractivity contribution in [2.45, 2.75) is 20.0 Å². The molecule has 0 amide bonds. The van der Waals surface area contributed by atoms with E-state index in [1.54, 1.807) is 13.8 Å². The van der Waals surface area contributed by atoms with Crippen molar-refractivity contribution in [1.82, 2.24) is 15.2 Å². The minimum atomic E-state index is -4.54. The normalized spacial score (nSPS) is 11.4. The van der Waals surface area contributed by atoms with Crippen LogP contribution in [0.1, 0.15) is 11.4 Å². The minimum Gasteiger partial charge on any atom is -0.480 e. The molecule has 0 atom stereocenters. The number of anilines is 1. The van der Waals surface area contributed by atoms with E-state index in [0.717, 1.165) is 0 Å². The van der Waals surface area contributed by atoms with Crippen LogP contribution in [0.4, 0.5) is 19.1 Å². The van der Waals surface area contributed by atoms with Gasteiger partial charge in [0, 0.05) is 0 Å². The number of carbonyl (C=O) groups is 1. The molecule has 1 aromatic rings. The second-order valence-corrected chi connectivity index (χ2v) is 3.65. The van der Waals surface area contributed by atoms with E-state index in [1.807, 2.05) is 0 Å². The molecule has 0 unspecified atom stereocenters. The molecule has 9 heteroatoms. The van der Waals surface area contributed by atoms with Crippen LogP contribution in [0.2, 0.25) is 0 Å². The van der Waals surface area contributed by atoms with E-state index in [0.29, 0.717) is 16.3 Å². The third-order valence-corrected chi connectivity index (χ3v) is 2.06. The Morgan fingerprint density at radius 3 is 2.33 bits per heavy atom. The van der Waals surface area contributed by atoms with Crippen LogP contribution in [0.3, 0.4) is 0 Å². The molecule has 0 spiro atoms. The lowest BCUT2D eigenvalue weighted by Crippen LogP contribution is -2.39. The van der Waals surface area contributed by atoms with Crippen molar-refractivity contribution >= 4 is 11.9 Å². The van der Waals surface area contributed by atoms with Gasteiger partial charge in [0.1, 0.15) is 13.1 Å². The van der Waals surface area contributed by atoms with E-state index in [4.69, 9.17) is 5.11 Å². The van der Waals surface area contributed by atoms with E-state index < -0.39 is 25.2 Å². The van der Waals surface area contributed by atoms with Gasteiger partial charge in [0.05, 0.1) is 11.4 Å². The Hall–Kier alpha value is -1.93. The molecule has 1 heterocycles. The first-order valence-corrected chi connectivity index (χ1v) is 4.90. The number of hydrogen-bond donors (Lipinski definition) is 1. The molecular weight excluding hydrogens is 253 g/mol. The summed E-state index contributed by atoms with van der Waals surface area (Å²) >= 11 is 0. The van der Waals surface area contributed by atoms with Crippen LogP contribution in [0.15, 0.2) is 0 Å². The van der Waals surface area contributed by atoms with Crippen molar-refractivity contribution in [3.05, 3.63) is 11.4 Å². The SMILES string of the molecule is Cc1nnc(N(CC(=O)O)CC(F)(F)F)nc1C. The number of carboxylic acids is 1. The summed E-state index contributed by atoms with van der Waals surface area (Å²) in [6.45, 7) is 0.873. The second-order valence-electron chi connectivity index (χ2n) is 3.65. The Balaban J connectivity index is 3.01. The summed E-state index contributed by atoms with van der Waals surface area (Å²) in [4.78, 5) is 14.9. The number of hydrogen-bond acceptors (Lipinski definition) is 5. The average molecular weight is 264 g/mol. The maximum absolute atomic E-state index is 12.3. The van der Waals surface area contributed by atoms with Gasteiger partial charge in [0.25, 0.3) is 0 Å². The summed E-state index contributed by atoms with van der Waals surface area (Å²) in [5.74, 6) is -1.75. The lowest BCUT2D eigenvalue weighted by Gasteiger charge is -2.21. The number of alkyl halides is 3. The summed E-state index contributed by atoms with van der Waals surface area (Å²) in [5.41, 5.74) is 0.874. The topological polar surface area (TPSA) is 79.2 Å². The van der Waals surface area contributed by atoms with Crippen LogP contribution in [-0.4, -0.2) is 45.5 Å². The number of carboxylic acid groups (broad SMARTS) is 1. The van der Waals surface area contributed by atoms with Gasteiger partial charge in [-0.05, 0) is 13.8 Å². The molecular formula is C9H11F3N4O2. The first-order valence-electron chi connectivity index (χ1n) is 4.90. The highest BCUT2D eigenvalue weighted by molar-refractivity contribution is 5.72. The van der Waals surface area contributed by atoms with Gasteiger partial charge in [-0.25, -0.2) is 4.98 Å². The first kappa shape index (κ1) is 14.1. The van der Waals surface area contributed by atoms with Crippen molar-refractivity contribution in [3.63, 3.8) is 0 Å². The molecule has 0 aliphatic heterocycles. The Morgan fingerprint density at radius 2 is 1.89 bits per heavy atom. The van der Waals surface area contributed by atoms with Crippen LogP contribution in [-0.2, 0) is 4.79 Å². The van der Waals surface area contributed by atoms with Crippen molar-refractivity contribution < 1.29 is 23.1 Å². The summed E-state index contributed by atoms with van der Waals surface area (Å²) in [6, 6.07) is 0. The number of aromatic nitrogens is 3. The second kappa shape index (κ2) is 5.15. The molecule has 1 rings (SSSR count). The molecule has 0 radical (unpaired) electrons. The summed E-state index contributed by atoms with van der Waals surface area (Å²) in [6.07, 6.45) is -4.54. The molecule has 0 saturated carbocycles. The summed E-state index contributed by atoms with van der Waals surface area (Å²) < 4.78 is 36.9. The monoisotopic (exact) mass is 264 g/mol. The average Bonchev–Trinajstić information content (AvgIpc) is 2.18. The van der Waals surface area contributed by atoms with E-state index in [1.165, 1.54) is 0 Å². The predicted octanol–water partition coefficient (Wildman–Crippen LogP) is 0.942. The van der Waals surface area contributed by atoms with Crippen molar-refractivity contribution in [1.29, 1.82) is 0 Å². The molecule has 0 fully saturated rings. The van der Waals surface area contributed by atoms with Crippen molar-refractivity contribution in [2.24, 2.45) is 0 Å². The fraction of sp³-hybridized carbons (Fsp3) is 0.556. The summed E-state index contributed by atoms with van der Waals surface area (Å²) in [7, 11) is 0. The van der Waals surface area contributed by atoms with Crippen molar-refractivity contribution in [2.75, 3.05) is 18.0 Å². The molecule has 0 aromatic carbocycles. The Kier molecular flexibility index (Phi) is 4.04. The van der Waals surface area contributed by atoms with Gasteiger partial charge in [-0.2, -0.15) is 18.3 Å². The van der Waals surface area contributed by atoms with E-state index in [-0.39, 0.29) is 5.95 Å². The molecule has 0 saturated heterocycles. The van der Waals surface area contributed by atoms with Crippen molar-refractivity contribution in [3.8, 4) is 0 Å². The van der Waals surface area contributed by atoms with Gasteiger partial charge in [-0.1, -0.05) is 0 Å². The largest absolute Gasteiger partial charge is 0.480 e. The molecule has 1 N–H and O–H groups in total. The van der Waals surface area contributed by atoms with Gasteiger partial charge in [-0.3, -0.25) is 4.79 Å². The predicted molar refractivity (Wildman–Crippen MR) is 55.2 cm³/mol. The highest BCUT2D eigenvalue weighted by Gasteiger charge is 2.33. The number of aliphatic carboxylic acids is 1. The number of halogens is 3. The zero-order valence-electron chi connectivity index (χ0n) is 9.69. The molecule has 0 aliphatic rings. The van der Waals surface area contributed by atoms with Gasteiger partial charge < -0.3 is 10.0 Å². The maximum Gasteiger partial charge on any atom is 0.406 e. The smallest absolute Gasteiger partial charge is 0.406 e. The lowest BCUT2D eigenvalue weighted by molar-refractivity contribution is -0.136. The molecule has 100 valence electrons. The third kappa shape index (κ3) is 4.15. The molecule has 0 bridgehead atoms. The van der Waals surface area contributed by atoms with Gasteiger partial charge in [-0.15, -0.1) is 5.10 Å². The highest BCUT2D eigenvalue weighted by atomic mass is 19.4. The summed E-state index contributed by atoms with van der Waals surface area (Å²) in [5, 5.41) is 15.7. The van der Waals surface area contributed by atoms with E-state index in [2.05, 4.69) is 15.2 Å². The maximum atomic E-state index is 12.3. The lowest BCUT2D eigenvalue weighted by atomic mass is 10.4. The molecule has 6 nitrogen and oxygen atoms in total. The van der Waals surface area contributed by atoms with E-state index >= 15 is 0 Å². The van der Waals surface area contributed by atoms with Crippen LogP contribution in [0, 0.1) is 13.8 Å². The Morgan fingerprint density at radius 1 is 1.28 bits per heavy atom. The zero-order valence-corrected chi connectivity index (χ0v) is 9.69. The quantitative estimate of drug-likeness (QED) is 0.871. The minimum absolute atomic E-state index is 0.349. The fourth-order valence-electron chi connectivity index (χ4n) is 1.16. The van der Waals surface area contributed by atoms with Crippen LogP contribution in [0.5, 0.6) is 0 Å². The van der Waals surface area contributed by atoms with Crippen LogP contribution in [0.25, 0.3) is 0 Å². The third-order valence-electron chi connectivity index (χ3n) is 2.06. The van der Waals surface area contributed by atoms with Crippen LogP contribution >= 0.6 is 0 Å². The first-order chi connectivity index (χ1) is 8.19. The Bertz CT molecular complexity index is 450. The van der Waals surface area contributed by atoms with Gasteiger partial charge in [0.15, 0.2) is 0 Å². The standard InChI is InChI=1S/C9H11F3N4O2/c1-5-6(2)14-15-8(13-5)16(3-7(17)18)4-9(10,11)12/h3-4H2,1-2H3,(H,17,18). The number of aryl methyl sites for hydroxylation is 2. The van der Waals surface area contributed by atoms with Crippen LogP contribution < -0.4 is 4.90 Å². The Labute approximate surface area is 100 Å². The molecule has 1 aromatic heterocycles. The molecule has 0 aliphatic carbocycles.